The van der Waals surface area contributed by atoms with Gasteiger partial charge in [0.1, 0.15) is 36.3 Å². The van der Waals surface area contributed by atoms with Crippen molar-refractivity contribution >= 4 is 53.3 Å². The van der Waals surface area contributed by atoms with Crippen molar-refractivity contribution in [3.8, 4) is 0 Å². The van der Waals surface area contributed by atoms with Gasteiger partial charge in [-0.3, -0.25) is 38.6 Å². The molecule has 21 heteroatoms. The van der Waals surface area contributed by atoms with Crippen LogP contribution in [0.2, 0.25) is 0 Å². The Labute approximate surface area is 302 Å². The summed E-state index contributed by atoms with van der Waals surface area (Å²) >= 11 is 0. The van der Waals surface area contributed by atoms with Crippen LogP contribution in [-0.2, 0) is 38.4 Å². The average Bonchev–Trinajstić information content (AvgIpc) is 3.01. The van der Waals surface area contributed by atoms with E-state index >= 15 is 0 Å². The number of aliphatic hydroxyl groups excluding tert-OH is 1. The first-order valence-electron chi connectivity index (χ1n) is 16.7. The summed E-state index contributed by atoms with van der Waals surface area (Å²) in [5.41, 5.74) is 16.1. The molecule has 0 radical (unpaired) electrons. The molecule has 0 aliphatic rings. The van der Waals surface area contributed by atoms with Crippen molar-refractivity contribution in [2.24, 2.45) is 34.0 Å². The number of carbonyl (C=O) groups is 8. The Hall–Kier alpha value is -5.05. The molecule has 21 nitrogen and oxygen atoms in total. The van der Waals surface area contributed by atoms with Crippen molar-refractivity contribution in [3.05, 3.63) is 0 Å². The number of aliphatic hydroxyl groups is 1. The minimum absolute atomic E-state index is 0.0370. The van der Waals surface area contributed by atoms with Crippen molar-refractivity contribution in [3.63, 3.8) is 0 Å². The van der Waals surface area contributed by atoms with Gasteiger partial charge in [0, 0.05) is 6.54 Å². The summed E-state index contributed by atoms with van der Waals surface area (Å²) in [5, 5.41) is 43.3. The summed E-state index contributed by atoms with van der Waals surface area (Å²) < 4.78 is 0. The largest absolute Gasteiger partial charge is 0.481 e. The molecular formula is C31H56N10O11. The van der Waals surface area contributed by atoms with E-state index in [0.29, 0.717) is 0 Å². The fraction of sp³-hybridized carbons (Fsp3) is 0.710. The lowest BCUT2D eigenvalue weighted by Gasteiger charge is -2.29. The number of amides is 6. The van der Waals surface area contributed by atoms with E-state index in [9.17, 15) is 53.7 Å². The Morgan fingerprint density at radius 1 is 0.635 bits per heavy atom. The topological polar surface area (TPSA) is 360 Å². The number of guanidine groups is 1. The van der Waals surface area contributed by atoms with E-state index in [1.807, 2.05) is 0 Å². The quantitative estimate of drug-likeness (QED) is 0.0269. The van der Waals surface area contributed by atoms with Crippen molar-refractivity contribution in [2.45, 2.75) is 123 Å². The Kier molecular flexibility index (Phi) is 20.5. The van der Waals surface area contributed by atoms with Gasteiger partial charge in [0.05, 0.1) is 18.6 Å². The molecule has 0 aromatic heterocycles. The smallest absolute Gasteiger partial charge is 0.326 e. The summed E-state index contributed by atoms with van der Waals surface area (Å²) in [6.45, 7) is 10.7. The maximum atomic E-state index is 13.3. The van der Waals surface area contributed by atoms with E-state index in [0.717, 1.165) is 0 Å². The molecule has 52 heavy (non-hydrogen) atoms. The lowest BCUT2D eigenvalue weighted by molar-refractivity contribution is -0.143. The van der Waals surface area contributed by atoms with Crippen LogP contribution in [0.4, 0.5) is 0 Å². The van der Waals surface area contributed by atoms with E-state index in [1.165, 1.54) is 20.8 Å². The highest BCUT2D eigenvalue weighted by atomic mass is 16.4. The number of carboxylic acid groups (broad SMARTS) is 2. The zero-order chi connectivity index (χ0) is 40.5. The summed E-state index contributed by atoms with van der Waals surface area (Å²) in [7, 11) is 0. The zero-order valence-electron chi connectivity index (χ0n) is 30.6. The number of nitrogens with zero attached hydrogens (tertiary/aromatic N) is 1. The van der Waals surface area contributed by atoms with Crippen LogP contribution in [0.1, 0.15) is 74.1 Å². The van der Waals surface area contributed by atoms with Gasteiger partial charge < -0.3 is 64.4 Å². The molecule has 0 aliphatic heterocycles. The molecule has 0 rings (SSSR count). The van der Waals surface area contributed by atoms with Gasteiger partial charge in [-0.2, -0.15) is 0 Å². The molecule has 8 atom stereocenters. The second kappa shape index (κ2) is 22.7. The molecule has 0 aromatic carbocycles. The highest BCUT2D eigenvalue weighted by Crippen LogP contribution is 2.09. The molecule has 0 aliphatic carbocycles. The highest BCUT2D eigenvalue weighted by Gasteiger charge is 2.35. The molecule has 0 spiro atoms. The first-order chi connectivity index (χ1) is 24.0. The highest BCUT2D eigenvalue weighted by molar-refractivity contribution is 5.97. The predicted octanol–water partition coefficient (Wildman–Crippen LogP) is -4.04. The van der Waals surface area contributed by atoms with Gasteiger partial charge in [-0.1, -0.05) is 27.7 Å². The number of carbonyl (C=O) groups excluding carboxylic acids is 6. The number of aliphatic carboxylic acids is 2. The lowest BCUT2D eigenvalue weighted by Crippen LogP contribution is -2.62. The fourth-order valence-corrected chi connectivity index (χ4v) is 4.53. The molecule has 0 saturated carbocycles. The monoisotopic (exact) mass is 744 g/mol. The van der Waals surface area contributed by atoms with Crippen molar-refractivity contribution in [1.29, 1.82) is 0 Å². The van der Waals surface area contributed by atoms with Crippen LogP contribution in [0.25, 0.3) is 0 Å². The number of hydrogen-bond donors (Lipinski definition) is 12. The van der Waals surface area contributed by atoms with Crippen LogP contribution < -0.4 is 49.1 Å². The molecule has 0 heterocycles. The molecule has 15 N–H and O–H groups in total. The van der Waals surface area contributed by atoms with Gasteiger partial charge in [-0.25, -0.2) is 4.79 Å². The van der Waals surface area contributed by atoms with E-state index in [2.05, 4.69) is 36.9 Å². The van der Waals surface area contributed by atoms with Crippen LogP contribution in [0.15, 0.2) is 4.99 Å². The molecular weight excluding hydrogens is 688 g/mol. The van der Waals surface area contributed by atoms with Crippen molar-refractivity contribution < 1.29 is 53.7 Å². The number of aliphatic imine (C=N–C) groups is 1. The normalized spacial score (nSPS) is 15.7. The lowest BCUT2D eigenvalue weighted by atomic mass is 10.0. The van der Waals surface area contributed by atoms with Gasteiger partial charge in [0.15, 0.2) is 5.96 Å². The Bertz CT molecular complexity index is 1300. The maximum Gasteiger partial charge on any atom is 0.326 e. The van der Waals surface area contributed by atoms with E-state index in [-0.39, 0.29) is 37.7 Å². The summed E-state index contributed by atoms with van der Waals surface area (Å²) in [6.07, 6.45) is -2.32. The Balaban J connectivity index is 5.84. The van der Waals surface area contributed by atoms with Gasteiger partial charge in [0.25, 0.3) is 0 Å². The third kappa shape index (κ3) is 17.7. The van der Waals surface area contributed by atoms with Crippen LogP contribution in [0.5, 0.6) is 0 Å². The zero-order valence-corrected chi connectivity index (χ0v) is 30.6. The van der Waals surface area contributed by atoms with E-state index < -0.39 is 108 Å². The second-order valence-corrected chi connectivity index (χ2v) is 13.2. The Morgan fingerprint density at radius 2 is 1.13 bits per heavy atom. The SMILES string of the molecule is CC(C)CC(NC(=O)C(NC(=O)C(NC(=O)C(C)N)C(C)C)C(C)O)C(=O)NC(C)C(=O)NC(CC(=O)O)C(=O)NC(CCCN=C(N)N)C(=O)O. The molecule has 0 aromatic rings. The minimum Gasteiger partial charge on any atom is -0.481 e. The average molecular weight is 745 g/mol. The molecule has 296 valence electrons. The third-order valence-corrected chi connectivity index (χ3v) is 7.39. The number of rotatable bonds is 23. The van der Waals surface area contributed by atoms with Crippen LogP contribution in [0.3, 0.4) is 0 Å². The summed E-state index contributed by atoms with van der Waals surface area (Å²) in [5.74, 6) is -9.11. The van der Waals surface area contributed by atoms with Crippen LogP contribution in [0, 0.1) is 11.8 Å². The summed E-state index contributed by atoms with van der Waals surface area (Å²) in [6, 6.07) is -9.50. The number of hydrogen-bond acceptors (Lipinski definition) is 11. The third-order valence-electron chi connectivity index (χ3n) is 7.39. The van der Waals surface area contributed by atoms with Gasteiger partial charge >= 0.3 is 11.9 Å². The minimum atomic E-state index is -1.74. The first kappa shape index (κ1) is 46.9. The second-order valence-electron chi connectivity index (χ2n) is 13.2. The van der Waals surface area contributed by atoms with Crippen LogP contribution >= 0.6 is 0 Å². The van der Waals surface area contributed by atoms with Crippen molar-refractivity contribution in [1.82, 2.24) is 31.9 Å². The molecule has 8 unspecified atom stereocenters. The fourth-order valence-electron chi connectivity index (χ4n) is 4.53. The summed E-state index contributed by atoms with van der Waals surface area (Å²) in [4.78, 5) is 105. The Morgan fingerprint density at radius 3 is 1.60 bits per heavy atom. The standard InChI is InChI=1S/C31H56N10O11/c1-13(2)11-19(39-29(50)23(17(7)42)41-28(49)22(14(3)4)40-24(45)15(5)32)26(47)36-16(6)25(46)38-20(12-21(43)44)27(48)37-18(30(51)52)9-8-10-35-31(33)34/h13-20,22-23,42H,8-12,32H2,1-7H3,(H,36,47)(H,37,48)(H,38,46)(H,39,50)(H,40,45)(H,41,49)(H,43,44)(H,51,52)(H4,33,34,35). The van der Waals surface area contributed by atoms with E-state index in [1.54, 1.807) is 27.7 Å². The van der Waals surface area contributed by atoms with Gasteiger partial charge in [0.2, 0.25) is 35.4 Å². The van der Waals surface area contributed by atoms with Gasteiger partial charge in [-0.05, 0) is 51.9 Å². The number of carboxylic acids is 2. The number of nitrogens with one attached hydrogen (secondary N) is 6. The molecule has 0 fully saturated rings. The molecule has 6 amide bonds. The van der Waals surface area contributed by atoms with Gasteiger partial charge in [-0.15, -0.1) is 0 Å². The number of nitrogens with two attached hydrogens (primary N) is 3. The molecule has 0 saturated heterocycles. The first-order valence-corrected chi connectivity index (χ1v) is 16.7. The van der Waals surface area contributed by atoms with Crippen molar-refractivity contribution in [2.75, 3.05) is 6.54 Å². The predicted molar refractivity (Wildman–Crippen MR) is 187 cm³/mol. The van der Waals surface area contributed by atoms with Crippen LogP contribution in [-0.4, -0.2) is 124 Å². The van der Waals surface area contributed by atoms with E-state index in [4.69, 9.17) is 17.2 Å². The molecule has 0 bridgehead atoms. The maximum absolute atomic E-state index is 13.3.